The maximum Gasteiger partial charge on any atom is 0.304 e. The van der Waals surface area contributed by atoms with E-state index >= 15 is 0 Å². The number of likely N-dealkylation sites (tertiary alicyclic amines) is 1. The van der Waals surface area contributed by atoms with Crippen molar-refractivity contribution in [1.82, 2.24) is 24.8 Å². The Morgan fingerprint density at radius 1 is 1.39 bits per heavy atom. The van der Waals surface area contributed by atoms with Gasteiger partial charge in [-0.05, 0) is 32.0 Å². The van der Waals surface area contributed by atoms with Crippen LogP contribution in [0.25, 0.3) is 5.65 Å². The Hall–Kier alpha value is -2.48. The highest BCUT2D eigenvalue weighted by Crippen LogP contribution is 2.24. The molecule has 8 nitrogen and oxygen atoms in total. The molecule has 1 aliphatic rings. The Balaban J connectivity index is 1.57. The summed E-state index contributed by atoms with van der Waals surface area (Å²) in [6, 6.07) is 3.60. The van der Waals surface area contributed by atoms with Crippen molar-refractivity contribution in [2.45, 2.75) is 31.3 Å². The third-order valence-corrected chi connectivity index (χ3v) is 4.44. The molecule has 2 aromatic rings. The van der Waals surface area contributed by atoms with Crippen molar-refractivity contribution in [3.8, 4) is 0 Å². The summed E-state index contributed by atoms with van der Waals surface area (Å²) in [7, 11) is 1.92. The van der Waals surface area contributed by atoms with Crippen LogP contribution in [0.3, 0.4) is 0 Å². The predicted octanol–water partition coefficient (Wildman–Crippen LogP) is 0.397. The molecule has 0 unspecified atom stereocenters. The van der Waals surface area contributed by atoms with Gasteiger partial charge in [-0.2, -0.15) is 5.10 Å². The second-order valence-corrected chi connectivity index (χ2v) is 5.84. The first-order valence-electron chi connectivity index (χ1n) is 7.56. The summed E-state index contributed by atoms with van der Waals surface area (Å²) in [5, 5.41) is 15.8. The Bertz CT molecular complexity index is 729. The normalized spacial score (nSPS) is 21.6. The van der Waals surface area contributed by atoms with Crippen LogP contribution in [0.15, 0.2) is 24.7 Å². The molecule has 23 heavy (non-hydrogen) atoms. The number of aliphatic carboxylic acids is 1. The lowest BCUT2D eigenvalue weighted by atomic mass is 10.1. The quantitative estimate of drug-likeness (QED) is 0.828. The van der Waals surface area contributed by atoms with Gasteiger partial charge in [0.05, 0.1) is 6.42 Å². The number of fused-ring (bicyclic) bond motifs is 1. The zero-order chi connectivity index (χ0) is 16.4. The molecule has 2 atom stereocenters. The largest absolute Gasteiger partial charge is 0.481 e. The molecule has 3 rings (SSSR count). The van der Waals surface area contributed by atoms with Crippen LogP contribution in [0.1, 0.15) is 29.6 Å². The minimum absolute atomic E-state index is 0.0433. The lowest BCUT2D eigenvalue weighted by Crippen LogP contribution is -2.41. The lowest BCUT2D eigenvalue weighted by Gasteiger charge is -2.25. The van der Waals surface area contributed by atoms with Crippen LogP contribution in [0.4, 0.5) is 0 Å². The standard InChI is InChI=1S/C15H19N5O3/c1-19-11(7-14(21)22)2-3-12(19)8-16-15(23)10-4-5-20-13(6-10)17-9-18-20/h4-6,9,11-12H,2-3,7-8H2,1H3,(H,16,23)(H,21,22)/t11-,12+/m1/s1. The lowest BCUT2D eigenvalue weighted by molar-refractivity contribution is -0.138. The molecule has 0 spiro atoms. The molecule has 1 fully saturated rings. The Morgan fingerprint density at radius 3 is 2.96 bits per heavy atom. The Morgan fingerprint density at radius 2 is 2.17 bits per heavy atom. The summed E-state index contributed by atoms with van der Waals surface area (Å²) in [4.78, 5) is 29.2. The van der Waals surface area contributed by atoms with E-state index in [1.54, 1.807) is 22.8 Å². The van der Waals surface area contributed by atoms with Gasteiger partial charge in [-0.25, -0.2) is 9.50 Å². The maximum absolute atomic E-state index is 12.3. The first-order valence-corrected chi connectivity index (χ1v) is 7.56. The van der Waals surface area contributed by atoms with E-state index in [0.717, 1.165) is 12.8 Å². The third-order valence-electron chi connectivity index (χ3n) is 4.44. The molecule has 2 N–H and O–H groups in total. The summed E-state index contributed by atoms with van der Waals surface area (Å²) in [5.41, 5.74) is 1.16. The van der Waals surface area contributed by atoms with E-state index in [-0.39, 0.29) is 24.4 Å². The minimum atomic E-state index is -0.784. The van der Waals surface area contributed by atoms with Gasteiger partial charge in [0.25, 0.3) is 5.91 Å². The van der Waals surface area contributed by atoms with Crippen molar-refractivity contribution in [3.05, 3.63) is 30.2 Å². The molecule has 3 heterocycles. The van der Waals surface area contributed by atoms with E-state index in [9.17, 15) is 9.59 Å². The smallest absolute Gasteiger partial charge is 0.304 e. The third kappa shape index (κ3) is 3.31. The number of carboxylic acids is 1. The molecule has 8 heteroatoms. The van der Waals surface area contributed by atoms with E-state index in [4.69, 9.17) is 5.11 Å². The zero-order valence-electron chi connectivity index (χ0n) is 12.8. The van der Waals surface area contributed by atoms with Crippen LogP contribution in [0, 0.1) is 0 Å². The summed E-state index contributed by atoms with van der Waals surface area (Å²) in [6.07, 6.45) is 5.01. The molecule has 0 radical (unpaired) electrons. The van der Waals surface area contributed by atoms with Crippen LogP contribution in [-0.4, -0.2) is 62.2 Å². The van der Waals surface area contributed by atoms with Crippen molar-refractivity contribution in [2.24, 2.45) is 0 Å². The number of carbonyl (C=O) groups is 2. The number of carboxylic acid groups (broad SMARTS) is 1. The number of rotatable bonds is 5. The van der Waals surface area contributed by atoms with Crippen molar-refractivity contribution in [3.63, 3.8) is 0 Å². The zero-order valence-corrected chi connectivity index (χ0v) is 12.8. The number of carbonyl (C=O) groups excluding carboxylic acids is 1. The Kier molecular flexibility index (Phi) is 4.24. The summed E-state index contributed by atoms with van der Waals surface area (Å²) in [6.45, 7) is 0.503. The number of hydrogen-bond donors (Lipinski definition) is 2. The van der Waals surface area contributed by atoms with Gasteiger partial charge in [-0.3, -0.25) is 14.5 Å². The molecular weight excluding hydrogens is 298 g/mol. The van der Waals surface area contributed by atoms with Crippen LogP contribution in [-0.2, 0) is 4.79 Å². The van der Waals surface area contributed by atoms with Gasteiger partial charge in [0.1, 0.15) is 6.33 Å². The topological polar surface area (TPSA) is 99.8 Å². The van der Waals surface area contributed by atoms with E-state index in [1.807, 2.05) is 7.05 Å². The van der Waals surface area contributed by atoms with Crippen molar-refractivity contribution in [1.29, 1.82) is 0 Å². The van der Waals surface area contributed by atoms with Crippen LogP contribution in [0.2, 0.25) is 0 Å². The van der Waals surface area contributed by atoms with E-state index in [0.29, 0.717) is 17.8 Å². The monoisotopic (exact) mass is 317 g/mol. The molecular formula is C15H19N5O3. The molecule has 1 amide bonds. The molecule has 0 aromatic carbocycles. The van der Waals surface area contributed by atoms with Gasteiger partial charge >= 0.3 is 5.97 Å². The molecule has 1 aliphatic heterocycles. The first-order chi connectivity index (χ1) is 11.0. The maximum atomic E-state index is 12.3. The fourth-order valence-electron chi connectivity index (χ4n) is 3.05. The number of aromatic nitrogens is 3. The Labute approximate surface area is 133 Å². The second kappa shape index (κ2) is 6.33. The highest BCUT2D eigenvalue weighted by Gasteiger charge is 2.31. The van der Waals surface area contributed by atoms with Gasteiger partial charge in [0, 0.05) is 30.4 Å². The minimum Gasteiger partial charge on any atom is -0.481 e. The second-order valence-electron chi connectivity index (χ2n) is 5.84. The number of amides is 1. The van der Waals surface area contributed by atoms with E-state index in [2.05, 4.69) is 20.3 Å². The molecule has 0 bridgehead atoms. The van der Waals surface area contributed by atoms with E-state index < -0.39 is 5.97 Å². The van der Waals surface area contributed by atoms with Gasteiger partial charge in [0.2, 0.25) is 0 Å². The van der Waals surface area contributed by atoms with Gasteiger partial charge in [-0.15, -0.1) is 0 Å². The average Bonchev–Trinajstić information content (AvgIpc) is 3.12. The van der Waals surface area contributed by atoms with Gasteiger partial charge < -0.3 is 10.4 Å². The van der Waals surface area contributed by atoms with Crippen LogP contribution in [0.5, 0.6) is 0 Å². The highest BCUT2D eigenvalue weighted by atomic mass is 16.4. The molecule has 1 saturated heterocycles. The predicted molar refractivity (Wildman–Crippen MR) is 82.1 cm³/mol. The summed E-state index contributed by atoms with van der Waals surface area (Å²) in [5.74, 6) is -0.946. The number of pyridine rings is 1. The fraction of sp³-hybridized carbons (Fsp3) is 0.467. The van der Waals surface area contributed by atoms with Crippen LogP contribution < -0.4 is 5.32 Å². The molecule has 0 aliphatic carbocycles. The summed E-state index contributed by atoms with van der Waals surface area (Å²) >= 11 is 0. The molecule has 2 aromatic heterocycles. The first kappa shape index (κ1) is 15.4. The van der Waals surface area contributed by atoms with E-state index in [1.165, 1.54) is 6.33 Å². The van der Waals surface area contributed by atoms with Gasteiger partial charge in [-0.1, -0.05) is 0 Å². The van der Waals surface area contributed by atoms with Crippen molar-refractivity contribution < 1.29 is 14.7 Å². The number of nitrogens with zero attached hydrogens (tertiary/aromatic N) is 4. The molecule has 122 valence electrons. The molecule has 0 saturated carbocycles. The highest BCUT2D eigenvalue weighted by molar-refractivity contribution is 5.95. The SMILES string of the molecule is CN1[C@@H](CC(=O)O)CC[C@H]1CNC(=O)c1ccn2ncnc2c1. The number of hydrogen-bond acceptors (Lipinski definition) is 5. The number of nitrogens with one attached hydrogen (secondary N) is 1. The van der Waals surface area contributed by atoms with Crippen molar-refractivity contribution in [2.75, 3.05) is 13.6 Å². The summed E-state index contributed by atoms with van der Waals surface area (Å²) < 4.78 is 1.60. The number of likely N-dealkylation sites (N-methyl/N-ethyl adjacent to an activating group) is 1. The van der Waals surface area contributed by atoms with Crippen LogP contribution >= 0.6 is 0 Å². The fourth-order valence-corrected chi connectivity index (χ4v) is 3.05. The van der Waals surface area contributed by atoms with Crippen molar-refractivity contribution >= 4 is 17.5 Å². The van der Waals surface area contributed by atoms with Gasteiger partial charge in [0.15, 0.2) is 5.65 Å². The average molecular weight is 317 g/mol.